The third-order valence-corrected chi connectivity index (χ3v) is 4.81. The standard InChI is InChI=1S/C18H23N3O4S/c1-11-7-14(24-3)15(25-4)8-12(11)9-21(2)10-16(22)20-18-13(17(19)23)5-6-26-18/h5-8H,9-10H2,1-4H3,(H2,19,23)(H,20,22)/p+1. The van der Waals surface area contributed by atoms with Crippen LogP contribution in [-0.2, 0) is 11.3 Å². The van der Waals surface area contributed by atoms with Gasteiger partial charge in [-0.25, -0.2) is 0 Å². The Labute approximate surface area is 156 Å². The van der Waals surface area contributed by atoms with Gasteiger partial charge in [-0.3, -0.25) is 9.59 Å². The lowest BCUT2D eigenvalue weighted by atomic mass is 10.1. The van der Waals surface area contributed by atoms with Crippen molar-refractivity contribution >= 4 is 28.2 Å². The molecule has 0 spiro atoms. The van der Waals surface area contributed by atoms with E-state index in [4.69, 9.17) is 15.2 Å². The van der Waals surface area contributed by atoms with Gasteiger partial charge in [-0.05, 0) is 36.1 Å². The molecule has 1 aromatic carbocycles. The normalized spacial score (nSPS) is 11.7. The molecule has 0 aliphatic carbocycles. The fourth-order valence-electron chi connectivity index (χ4n) is 2.65. The van der Waals surface area contributed by atoms with Gasteiger partial charge in [0.1, 0.15) is 11.5 Å². The van der Waals surface area contributed by atoms with Crippen LogP contribution in [0.4, 0.5) is 5.00 Å². The quantitative estimate of drug-likeness (QED) is 0.634. The molecule has 0 fully saturated rings. The lowest BCUT2D eigenvalue weighted by molar-refractivity contribution is -0.885. The van der Waals surface area contributed by atoms with Gasteiger partial charge < -0.3 is 25.4 Å². The van der Waals surface area contributed by atoms with Crippen LogP contribution < -0.4 is 25.4 Å². The molecule has 0 radical (unpaired) electrons. The largest absolute Gasteiger partial charge is 0.493 e. The van der Waals surface area contributed by atoms with Gasteiger partial charge in [-0.15, -0.1) is 11.3 Å². The molecule has 26 heavy (non-hydrogen) atoms. The number of quaternary nitrogens is 1. The minimum absolute atomic E-state index is 0.175. The molecule has 8 heteroatoms. The third-order valence-electron chi connectivity index (χ3n) is 3.98. The number of aryl methyl sites for hydroxylation is 1. The van der Waals surface area contributed by atoms with Crippen LogP contribution in [0.15, 0.2) is 23.6 Å². The lowest BCUT2D eigenvalue weighted by Crippen LogP contribution is -3.08. The third kappa shape index (κ3) is 4.74. The Morgan fingerprint density at radius 2 is 1.88 bits per heavy atom. The van der Waals surface area contributed by atoms with Gasteiger partial charge >= 0.3 is 0 Å². The number of nitrogens with one attached hydrogen (secondary N) is 2. The molecule has 1 heterocycles. The van der Waals surface area contributed by atoms with Crippen molar-refractivity contribution < 1.29 is 24.0 Å². The predicted molar refractivity (Wildman–Crippen MR) is 101 cm³/mol. The first-order chi connectivity index (χ1) is 12.3. The molecule has 1 atom stereocenters. The molecule has 2 amide bonds. The van der Waals surface area contributed by atoms with Crippen molar-refractivity contribution in [2.75, 3.05) is 33.1 Å². The van der Waals surface area contributed by atoms with Crippen LogP contribution in [0.3, 0.4) is 0 Å². The number of primary amides is 1. The number of benzene rings is 1. The zero-order valence-electron chi connectivity index (χ0n) is 15.3. The minimum Gasteiger partial charge on any atom is -0.493 e. The van der Waals surface area contributed by atoms with Crippen LogP contribution in [0, 0.1) is 6.92 Å². The topological polar surface area (TPSA) is 95.1 Å². The Bertz CT molecular complexity index is 804. The number of carbonyl (C=O) groups is 2. The summed E-state index contributed by atoms with van der Waals surface area (Å²) >= 11 is 1.28. The highest BCUT2D eigenvalue weighted by Gasteiger charge is 2.17. The highest BCUT2D eigenvalue weighted by atomic mass is 32.1. The molecule has 0 bridgehead atoms. The van der Waals surface area contributed by atoms with Crippen molar-refractivity contribution in [3.63, 3.8) is 0 Å². The molecule has 2 rings (SSSR count). The Kier molecular flexibility index (Phi) is 6.59. The van der Waals surface area contributed by atoms with E-state index in [-0.39, 0.29) is 12.5 Å². The van der Waals surface area contributed by atoms with Crippen LogP contribution in [0.2, 0.25) is 0 Å². The first-order valence-electron chi connectivity index (χ1n) is 8.05. The van der Waals surface area contributed by atoms with Crippen LogP contribution >= 0.6 is 11.3 Å². The fourth-order valence-corrected chi connectivity index (χ4v) is 3.45. The van der Waals surface area contributed by atoms with Crippen LogP contribution in [0.1, 0.15) is 21.5 Å². The molecule has 4 N–H and O–H groups in total. The molecule has 2 aromatic rings. The Balaban J connectivity index is 2.02. The smallest absolute Gasteiger partial charge is 0.280 e. The second kappa shape index (κ2) is 8.68. The number of ether oxygens (including phenoxy) is 2. The molecule has 0 aliphatic heterocycles. The maximum atomic E-state index is 12.3. The summed E-state index contributed by atoms with van der Waals surface area (Å²) in [6, 6.07) is 5.46. The lowest BCUT2D eigenvalue weighted by Gasteiger charge is -2.17. The van der Waals surface area contributed by atoms with E-state index in [1.165, 1.54) is 11.3 Å². The molecule has 0 aliphatic rings. The molecular weight excluding hydrogens is 354 g/mol. The number of hydrogen-bond acceptors (Lipinski definition) is 5. The van der Waals surface area contributed by atoms with Crippen LogP contribution in [0.25, 0.3) is 0 Å². The number of carbonyl (C=O) groups excluding carboxylic acids is 2. The fraction of sp³-hybridized carbons (Fsp3) is 0.333. The number of likely N-dealkylation sites (N-methyl/N-ethyl adjacent to an activating group) is 1. The van der Waals surface area contributed by atoms with E-state index in [0.717, 1.165) is 16.0 Å². The monoisotopic (exact) mass is 378 g/mol. The SMILES string of the molecule is COc1cc(C)c(C[NH+](C)CC(=O)Nc2sccc2C(N)=O)cc1OC. The molecular formula is C18H24N3O4S+. The average molecular weight is 378 g/mol. The van der Waals surface area contributed by atoms with Gasteiger partial charge in [-0.2, -0.15) is 0 Å². The first-order valence-corrected chi connectivity index (χ1v) is 8.93. The van der Waals surface area contributed by atoms with E-state index in [2.05, 4.69) is 5.32 Å². The Morgan fingerprint density at radius 1 is 1.23 bits per heavy atom. The Morgan fingerprint density at radius 3 is 2.50 bits per heavy atom. The zero-order chi connectivity index (χ0) is 19.3. The van der Waals surface area contributed by atoms with Crippen LogP contribution in [-0.4, -0.2) is 39.6 Å². The first kappa shape index (κ1) is 19.7. The molecule has 1 aromatic heterocycles. The number of thiophene rings is 1. The Hall–Kier alpha value is -2.58. The van der Waals surface area contributed by atoms with Gasteiger partial charge in [0.05, 0.1) is 26.8 Å². The zero-order valence-corrected chi connectivity index (χ0v) is 16.2. The van der Waals surface area contributed by atoms with Crippen LogP contribution in [0.5, 0.6) is 11.5 Å². The molecule has 7 nitrogen and oxygen atoms in total. The van der Waals surface area contributed by atoms with Gasteiger partial charge in [0.2, 0.25) is 0 Å². The van der Waals surface area contributed by atoms with Crippen molar-refractivity contribution in [2.45, 2.75) is 13.5 Å². The molecule has 0 saturated carbocycles. The van der Waals surface area contributed by atoms with Crippen molar-refractivity contribution in [1.29, 1.82) is 0 Å². The number of hydrogen-bond donors (Lipinski definition) is 3. The number of rotatable bonds is 8. The number of methoxy groups -OCH3 is 2. The van der Waals surface area contributed by atoms with Crippen molar-refractivity contribution in [3.8, 4) is 11.5 Å². The van der Waals surface area contributed by atoms with E-state index in [1.54, 1.807) is 25.7 Å². The van der Waals surface area contributed by atoms with Gasteiger partial charge in [0.25, 0.3) is 11.8 Å². The van der Waals surface area contributed by atoms with Gasteiger partial charge in [-0.1, -0.05) is 0 Å². The van der Waals surface area contributed by atoms with Crippen molar-refractivity contribution in [3.05, 3.63) is 40.3 Å². The second-order valence-electron chi connectivity index (χ2n) is 6.02. The van der Waals surface area contributed by atoms with Gasteiger partial charge in [0.15, 0.2) is 18.0 Å². The summed E-state index contributed by atoms with van der Waals surface area (Å²) in [7, 11) is 5.13. The summed E-state index contributed by atoms with van der Waals surface area (Å²) < 4.78 is 10.6. The maximum Gasteiger partial charge on any atom is 0.280 e. The molecule has 1 unspecified atom stereocenters. The van der Waals surface area contributed by atoms with E-state index in [9.17, 15) is 9.59 Å². The molecule has 0 saturated heterocycles. The molecule has 140 valence electrons. The average Bonchev–Trinajstić information content (AvgIpc) is 3.04. The highest BCUT2D eigenvalue weighted by Crippen LogP contribution is 2.29. The summed E-state index contributed by atoms with van der Waals surface area (Å²) in [6.07, 6.45) is 0. The number of anilines is 1. The van der Waals surface area contributed by atoms with E-state index in [1.807, 2.05) is 26.1 Å². The summed E-state index contributed by atoms with van der Waals surface area (Å²) in [5.41, 5.74) is 7.76. The summed E-state index contributed by atoms with van der Waals surface area (Å²) in [5.74, 6) is 0.615. The highest BCUT2D eigenvalue weighted by molar-refractivity contribution is 7.14. The van der Waals surface area contributed by atoms with Gasteiger partial charge in [0, 0.05) is 5.56 Å². The van der Waals surface area contributed by atoms with E-state index >= 15 is 0 Å². The summed E-state index contributed by atoms with van der Waals surface area (Å²) in [5, 5.41) is 4.96. The maximum absolute atomic E-state index is 12.3. The van der Waals surface area contributed by atoms with E-state index < -0.39 is 5.91 Å². The number of nitrogens with two attached hydrogens (primary N) is 1. The minimum atomic E-state index is -0.553. The van der Waals surface area contributed by atoms with Crippen molar-refractivity contribution in [2.24, 2.45) is 5.73 Å². The summed E-state index contributed by atoms with van der Waals surface area (Å²) in [4.78, 5) is 24.6. The second-order valence-corrected chi connectivity index (χ2v) is 6.94. The van der Waals surface area contributed by atoms with E-state index in [0.29, 0.717) is 28.6 Å². The summed E-state index contributed by atoms with van der Waals surface area (Å²) in [6.45, 7) is 2.89. The predicted octanol–water partition coefficient (Wildman–Crippen LogP) is 0.826. The van der Waals surface area contributed by atoms with Crippen molar-refractivity contribution in [1.82, 2.24) is 0 Å². The number of amides is 2.